The molecule has 0 radical (unpaired) electrons. The van der Waals surface area contributed by atoms with E-state index in [0.29, 0.717) is 17.0 Å². The van der Waals surface area contributed by atoms with Gasteiger partial charge in [-0.25, -0.2) is 9.18 Å². The minimum atomic E-state index is -1.03. The summed E-state index contributed by atoms with van der Waals surface area (Å²) >= 11 is 0. The van der Waals surface area contributed by atoms with Crippen LogP contribution < -0.4 is 10.1 Å². The van der Waals surface area contributed by atoms with Gasteiger partial charge in [0.2, 0.25) is 0 Å². The molecule has 0 spiro atoms. The van der Waals surface area contributed by atoms with Crippen molar-refractivity contribution in [3.63, 3.8) is 0 Å². The number of anilines is 1. The predicted octanol–water partition coefficient (Wildman–Crippen LogP) is 3.70. The lowest BCUT2D eigenvalue weighted by Gasteiger charge is -2.15. The number of carbonyl (C=O) groups is 2. The summed E-state index contributed by atoms with van der Waals surface area (Å²) in [5.41, 5.74) is 2.59. The Morgan fingerprint density at radius 1 is 1.08 bits per heavy atom. The predicted molar refractivity (Wildman–Crippen MR) is 96.7 cm³/mol. The van der Waals surface area contributed by atoms with Gasteiger partial charge in [-0.3, -0.25) is 4.79 Å². The van der Waals surface area contributed by atoms with Crippen molar-refractivity contribution >= 4 is 17.6 Å². The Labute approximate surface area is 152 Å². The van der Waals surface area contributed by atoms with Gasteiger partial charge in [-0.05, 0) is 56.5 Å². The van der Waals surface area contributed by atoms with E-state index in [2.05, 4.69) is 5.32 Å². The quantitative estimate of drug-likeness (QED) is 0.799. The molecule has 0 aromatic heterocycles. The van der Waals surface area contributed by atoms with Crippen molar-refractivity contribution in [3.05, 3.63) is 58.9 Å². The number of benzene rings is 2. The number of esters is 1. The Bertz CT molecular complexity index is 799. The molecule has 0 saturated carbocycles. The second-order valence-electron chi connectivity index (χ2n) is 6.09. The van der Waals surface area contributed by atoms with Gasteiger partial charge in [-0.2, -0.15) is 0 Å². The van der Waals surface area contributed by atoms with Crippen molar-refractivity contribution < 1.29 is 23.5 Å². The van der Waals surface area contributed by atoms with Crippen LogP contribution in [0.5, 0.6) is 5.75 Å². The van der Waals surface area contributed by atoms with Gasteiger partial charge >= 0.3 is 5.97 Å². The molecule has 0 bridgehead atoms. The summed E-state index contributed by atoms with van der Waals surface area (Å²) in [6.07, 6.45) is -1.03. The third-order valence-electron chi connectivity index (χ3n) is 3.86. The smallest absolute Gasteiger partial charge is 0.344 e. The molecule has 0 unspecified atom stereocenters. The van der Waals surface area contributed by atoms with E-state index in [9.17, 15) is 14.0 Å². The van der Waals surface area contributed by atoms with Gasteiger partial charge in [0.25, 0.3) is 5.91 Å². The van der Waals surface area contributed by atoms with E-state index in [1.807, 2.05) is 32.0 Å². The monoisotopic (exact) mass is 359 g/mol. The van der Waals surface area contributed by atoms with Gasteiger partial charge in [0.05, 0.1) is 0 Å². The van der Waals surface area contributed by atoms with Crippen LogP contribution in [0.3, 0.4) is 0 Å². The number of amides is 1. The number of ether oxygens (including phenoxy) is 2. The second-order valence-corrected chi connectivity index (χ2v) is 6.09. The first kappa shape index (κ1) is 19.4. The maximum atomic E-state index is 13.5. The Morgan fingerprint density at radius 3 is 2.35 bits per heavy atom. The standard InChI is InChI=1S/C20H22FNO4/c1-12-8-9-16(10-17(12)21)22-20(24)15(4)26-18(23)11-25-19-13(2)6-5-7-14(19)3/h5-10,15H,11H2,1-4H3,(H,22,24)/t15-/m0/s1. The summed E-state index contributed by atoms with van der Waals surface area (Å²) in [7, 11) is 0. The summed E-state index contributed by atoms with van der Waals surface area (Å²) in [5.74, 6) is -1.01. The highest BCUT2D eigenvalue weighted by Gasteiger charge is 2.19. The normalized spacial score (nSPS) is 11.6. The van der Waals surface area contributed by atoms with Crippen LogP contribution in [-0.2, 0) is 14.3 Å². The number of hydrogen-bond donors (Lipinski definition) is 1. The average molecular weight is 359 g/mol. The fourth-order valence-electron chi connectivity index (χ4n) is 2.36. The van der Waals surface area contributed by atoms with Crippen molar-refractivity contribution in [2.45, 2.75) is 33.8 Å². The molecular weight excluding hydrogens is 337 g/mol. The van der Waals surface area contributed by atoms with Crippen molar-refractivity contribution in [1.82, 2.24) is 0 Å². The van der Waals surface area contributed by atoms with Crippen LogP contribution >= 0.6 is 0 Å². The second kappa shape index (κ2) is 8.47. The Kier molecular flexibility index (Phi) is 6.33. The molecule has 0 fully saturated rings. The zero-order chi connectivity index (χ0) is 19.3. The van der Waals surface area contributed by atoms with Gasteiger partial charge in [-0.15, -0.1) is 0 Å². The minimum Gasteiger partial charge on any atom is -0.481 e. The molecule has 2 rings (SSSR count). The molecule has 2 aromatic carbocycles. The van der Waals surface area contributed by atoms with Gasteiger partial charge in [-0.1, -0.05) is 24.3 Å². The van der Waals surface area contributed by atoms with Crippen LogP contribution in [0.1, 0.15) is 23.6 Å². The third kappa shape index (κ3) is 5.05. The number of para-hydroxylation sites is 1. The molecule has 0 aliphatic rings. The number of nitrogens with one attached hydrogen (secondary N) is 1. The van der Waals surface area contributed by atoms with E-state index in [1.54, 1.807) is 19.1 Å². The molecule has 1 atom stereocenters. The summed E-state index contributed by atoms with van der Waals surface area (Å²) in [6.45, 7) is 6.52. The first-order chi connectivity index (χ1) is 12.3. The van der Waals surface area contributed by atoms with Gasteiger partial charge < -0.3 is 14.8 Å². The molecule has 0 heterocycles. The largest absolute Gasteiger partial charge is 0.481 e. The highest BCUT2D eigenvalue weighted by Crippen LogP contribution is 2.22. The fraction of sp³-hybridized carbons (Fsp3) is 0.300. The van der Waals surface area contributed by atoms with E-state index in [1.165, 1.54) is 13.0 Å². The first-order valence-electron chi connectivity index (χ1n) is 8.23. The van der Waals surface area contributed by atoms with Crippen LogP contribution in [0.4, 0.5) is 10.1 Å². The molecule has 0 aliphatic heterocycles. The van der Waals surface area contributed by atoms with Crippen molar-refractivity contribution in [2.75, 3.05) is 11.9 Å². The van der Waals surface area contributed by atoms with Crippen LogP contribution in [0, 0.1) is 26.6 Å². The Morgan fingerprint density at radius 2 is 1.73 bits per heavy atom. The number of rotatable bonds is 6. The van der Waals surface area contributed by atoms with Gasteiger partial charge in [0.1, 0.15) is 11.6 Å². The molecule has 1 N–H and O–H groups in total. The summed E-state index contributed by atoms with van der Waals surface area (Å²) in [6, 6.07) is 10.0. The van der Waals surface area contributed by atoms with Crippen LogP contribution in [0.2, 0.25) is 0 Å². The van der Waals surface area contributed by atoms with E-state index in [-0.39, 0.29) is 6.61 Å². The minimum absolute atomic E-state index is 0.299. The first-order valence-corrected chi connectivity index (χ1v) is 8.23. The zero-order valence-corrected chi connectivity index (χ0v) is 15.3. The zero-order valence-electron chi connectivity index (χ0n) is 15.3. The molecule has 1 amide bonds. The number of hydrogen-bond acceptors (Lipinski definition) is 4. The maximum absolute atomic E-state index is 13.5. The number of aryl methyl sites for hydroxylation is 3. The number of halogens is 1. The lowest BCUT2D eigenvalue weighted by atomic mass is 10.1. The molecular formula is C20H22FNO4. The highest BCUT2D eigenvalue weighted by atomic mass is 19.1. The van der Waals surface area contributed by atoms with E-state index in [0.717, 1.165) is 11.1 Å². The van der Waals surface area contributed by atoms with Crippen LogP contribution in [0.15, 0.2) is 36.4 Å². The summed E-state index contributed by atoms with van der Waals surface area (Å²) in [4.78, 5) is 24.0. The molecule has 138 valence electrons. The lowest BCUT2D eigenvalue weighted by Crippen LogP contribution is -2.31. The SMILES string of the molecule is Cc1ccc(NC(=O)[C@H](C)OC(=O)COc2c(C)cccc2C)cc1F. The van der Waals surface area contributed by atoms with Crippen molar-refractivity contribution in [3.8, 4) is 5.75 Å². The number of carbonyl (C=O) groups excluding carboxylic acids is 2. The lowest BCUT2D eigenvalue weighted by molar-refractivity contribution is -0.155. The van der Waals surface area contributed by atoms with Crippen LogP contribution in [-0.4, -0.2) is 24.6 Å². The fourth-order valence-corrected chi connectivity index (χ4v) is 2.36. The Balaban J connectivity index is 1.87. The molecule has 26 heavy (non-hydrogen) atoms. The van der Waals surface area contributed by atoms with Crippen molar-refractivity contribution in [2.24, 2.45) is 0 Å². The van der Waals surface area contributed by atoms with Crippen LogP contribution in [0.25, 0.3) is 0 Å². The summed E-state index contributed by atoms with van der Waals surface area (Å²) < 4.78 is 24.1. The molecule has 5 nitrogen and oxygen atoms in total. The molecule has 0 aliphatic carbocycles. The molecule has 2 aromatic rings. The van der Waals surface area contributed by atoms with Crippen molar-refractivity contribution in [1.29, 1.82) is 0 Å². The highest BCUT2D eigenvalue weighted by molar-refractivity contribution is 5.95. The van der Waals surface area contributed by atoms with Gasteiger partial charge in [0, 0.05) is 5.69 Å². The molecule has 6 heteroatoms. The summed E-state index contributed by atoms with van der Waals surface area (Å²) in [5, 5.41) is 2.51. The topological polar surface area (TPSA) is 64.6 Å². The van der Waals surface area contributed by atoms with Gasteiger partial charge in [0.15, 0.2) is 12.7 Å². The maximum Gasteiger partial charge on any atom is 0.344 e. The average Bonchev–Trinajstić information content (AvgIpc) is 2.57. The molecule has 0 saturated heterocycles. The third-order valence-corrected chi connectivity index (χ3v) is 3.86. The Hall–Kier alpha value is -2.89. The van der Waals surface area contributed by atoms with E-state index >= 15 is 0 Å². The van der Waals surface area contributed by atoms with E-state index in [4.69, 9.17) is 9.47 Å². The van der Waals surface area contributed by atoms with E-state index < -0.39 is 23.8 Å².